The molecule has 2 aliphatic heterocycles. The Morgan fingerprint density at radius 1 is 1.09 bits per heavy atom. The predicted octanol–water partition coefficient (Wildman–Crippen LogP) is 5.52. The average molecular weight is 451 g/mol. The van der Waals surface area contributed by atoms with Gasteiger partial charge in [-0.05, 0) is 59.7 Å². The van der Waals surface area contributed by atoms with Gasteiger partial charge >= 0.3 is 0 Å². The van der Waals surface area contributed by atoms with E-state index in [0.717, 1.165) is 41.7 Å². The van der Waals surface area contributed by atoms with E-state index in [1.807, 2.05) is 36.4 Å². The van der Waals surface area contributed by atoms with E-state index in [1.54, 1.807) is 12.1 Å². The van der Waals surface area contributed by atoms with Gasteiger partial charge in [-0.1, -0.05) is 48.5 Å². The topological polar surface area (TPSA) is 64.4 Å². The normalized spacial score (nSPS) is 25.2. The fraction of sp³-hybridized carbons (Fsp3) is 0.286. The number of aliphatic imine (C=N–C) groups is 1. The Balaban J connectivity index is 1.44. The minimum atomic E-state index is -0.934. The summed E-state index contributed by atoms with van der Waals surface area (Å²) in [6, 6.07) is 22.4. The van der Waals surface area contributed by atoms with Crippen LogP contribution in [-0.2, 0) is 17.0 Å². The van der Waals surface area contributed by atoms with Crippen LogP contribution in [0.4, 0.5) is 5.69 Å². The summed E-state index contributed by atoms with van der Waals surface area (Å²) >= 11 is 0. The number of ether oxygens (including phenoxy) is 1. The number of rotatable bonds is 2. The monoisotopic (exact) mass is 450 g/mol. The maximum absolute atomic E-state index is 7.35. The molecule has 2 N–H and O–H groups in total. The number of benzene rings is 3. The van der Waals surface area contributed by atoms with Crippen molar-refractivity contribution < 1.29 is 9.57 Å². The highest BCUT2D eigenvalue weighted by atomic mass is 16.7. The van der Waals surface area contributed by atoms with Crippen molar-refractivity contribution in [1.82, 2.24) is 5.06 Å². The second kappa shape index (κ2) is 7.89. The molecule has 0 aromatic heterocycles. The minimum Gasteiger partial charge on any atom is -0.489 e. The summed E-state index contributed by atoms with van der Waals surface area (Å²) in [7, 11) is 1.79. The number of nitrogens with zero attached hydrogens (tertiary/aromatic N) is 3. The summed E-state index contributed by atoms with van der Waals surface area (Å²) in [5, 5.41) is 1.55. The van der Waals surface area contributed by atoms with Crippen LogP contribution in [0.5, 0.6) is 5.75 Å². The molecule has 0 bridgehead atoms. The molecule has 6 heteroatoms. The zero-order valence-electron chi connectivity index (χ0n) is 19.1. The number of nitrogens with two attached hydrogens (primary N) is 1. The van der Waals surface area contributed by atoms with Crippen LogP contribution in [0.25, 0.3) is 16.0 Å². The van der Waals surface area contributed by atoms with Crippen molar-refractivity contribution >= 4 is 11.6 Å². The maximum atomic E-state index is 7.35. The van der Waals surface area contributed by atoms with Crippen LogP contribution in [0.3, 0.4) is 0 Å². The van der Waals surface area contributed by atoms with E-state index < -0.39 is 5.72 Å². The third-order valence-electron chi connectivity index (χ3n) is 7.24. The molecule has 3 aromatic carbocycles. The third kappa shape index (κ3) is 3.32. The molecular weight excluding hydrogens is 424 g/mol. The lowest BCUT2D eigenvalue weighted by atomic mass is 9.76. The van der Waals surface area contributed by atoms with Crippen LogP contribution in [0.1, 0.15) is 41.9 Å². The standard InChI is InChI=1S/C28H26N4O2/c1-30-21-10-5-9-19(15-21)20-13-14-25-24(16-20)28(31-27(29)32(2)34-28)17-26(33-25)23-12-6-8-18-7-3-4-11-22(18)23/h3-5,7,9-11,13-16,23,26H,6,8,12,17H2,2H3,(H2,29,31). The summed E-state index contributed by atoms with van der Waals surface area (Å²) in [4.78, 5) is 14.8. The first-order valence-electron chi connectivity index (χ1n) is 11.7. The smallest absolute Gasteiger partial charge is 0.221 e. The van der Waals surface area contributed by atoms with Crippen molar-refractivity contribution in [2.45, 2.75) is 43.4 Å². The third-order valence-corrected chi connectivity index (χ3v) is 7.24. The molecule has 3 aliphatic rings. The molecule has 1 aliphatic carbocycles. The molecule has 0 saturated carbocycles. The first-order chi connectivity index (χ1) is 16.6. The second-order valence-corrected chi connectivity index (χ2v) is 9.27. The highest BCUT2D eigenvalue weighted by Gasteiger charge is 2.50. The average Bonchev–Trinajstić information content (AvgIpc) is 3.16. The number of aryl methyl sites for hydroxylation is 1. The Bertz CT molecular complexity index is 1340. The fourth-order valence-electron chi connectivity index (χ4n) is 5.60. The van der Waals surface area contributed by atoms with E-state index in [1.165, 1.54) is 11.1 Å². The van der Waals surface area contributed by atoms with Crippen molar-refractivity contribution in [3.63, 3.8) is 0 Å². The molecule has 3 atom stereocenters. The van der Waals surface area contributed by atoms with Gasteiger partial charge in [0.05, 0.1) is 12.1 Å². The van der Waals surface area contributed by atoms with Gasteiger partial charge in [0, 0.05) is 19.4 Å². The molecule has 3 unspecified atom stereocenters. The van der Waals surface area contributed by atoms with Crippen molar-refractivity contribution in [3.8, 4) is 16.9 Å². The Kier molecular flexibility index (Phi) is 4.82. The molecular formula is C28H26N4O2. The van der Waals surface area contributed by atoms with Crippen LogP contribution in [0.2, 0.25) is 0 Å². The van der Waals surface area contributed by atoms with E-state index in [4.69, 9.17) is 26.9 Å². The summed E-state index contributed by atoms with van der Waals surface area (Å²) in [6.45, 7) is 7.35. The molecule has 0 saturated heterocycles. The Hall–Kier alpha value is -3.82. The molecule has 6 rings (SSSR count). The molecule has 170 valence electrons. The van der Waals surface area contributed by atoms with Gasteiger partial charge in [0.25, 0.3) is 0 Å². The molecule has 0 fully saturated rings. The summed E-state index contributed by atoms with van der Waals surface area (Å²) in [5.74, 6) is 1.41. The van der Waals surface area contributed by atoms with Crippen molar-refractivity contribution in [3.05, 3.63) is 94.8 Å². The van der Waals surface area contributed by atoms with Crippen LogP contribution in [0.15, 0.2) is 71.7 Å². The predicted molar refractivity (Wildman–Crippen MR) is 131 cm³/mol. The van der Waals surface area contributed by atoms with Gasteiger partial charge in [-0.2, -0.15) is 0 Å². The van der Waals surface area contributed by atoms with Crippen LogP contribution >= 0.6 is 0 Å². The Morgan fingerprint density at radius 2 is 1.94 bits per heavy atom. The number of hydrogen-bond donors (Lipinski definition) is 1. The summed E-state index contributed by atoms with van der Waals surface area (Å²) in [6.07, 6.45) is 3.83. The van der Waals surface area contributed by atoms with Gasteiger partial charge in [-0.25, -0.2) is 19.7 Å². The van der Waals surface area contributed by atoms with E-state index in [-0.39, 0.29) is 12.0 Å². The van der Waals surface area contributed by atoms with Gasteiger partial charge in [0.15, 0.2) is 5.69 Å². The van der Waals surface area contributed by atoms with Gasteiger partial charge in [0.2, 0.25) is 11.7 Å². The molecule has 0 radical (unpaired) electrons. The number of guanidine groups is 1. The lowest BCUT2D eigenvalue weighted by Gasteiger charge is -2.41. The molecule has 2 heterocycles. The number of hydroxylamine groups is 2. The van der Waals surface area contributed by atoms with Crippen LogP contribution < -0.4 is 10.5 Å². The summed E-state index contributed by atoms with van der Waals surface area (Å²) < 4.78 is 6.66. The van der Waals surface area contributed by atoms with Crippen molar-refractivity contribution in [1.29, 1.82) is 0 Å². The van der Waals surface area contributed by atoms with E-state index in [9.17, 15) is 0 Å². The number of hydrogen-bond acceptors (Lipinski definition) is 5. The zero-order valence-corrected chi connectivity index (χ0v) is 19.1. The maximum Gasteiger partial charge on any atom is 0.221 e. The fourth-order valence-corrected chi connectivity index (χ4v) is 5.60. The first kappa shape index (κ1) is 20.8. The quantitative estimate of drug-likeness (QED) is 0.522. The second-order valence-electron chi connectivity index (χ2n) is 9.27. The van der Waals surface area contributed by atoms with Crippen LogP contribution in [-0.4, -0.2) is 24.2 Å². The van der Waals surface area contributed by atoms with E-state index >= 15 is 0 Å². The van der Waals surface area contributed by atoms with E-state index in [0.29, 0.717) is 18.1 Å². The van der Waals surface area contributed by atoms with Gasteiger partial charge in [-0.15, -0.1) is 0 Å². The molecule has 6 nitrogen and oxygen atoms in total. The highest BCUT2D eigenvalue weighted by molar-refractivity contribution is 5.79. The van der Waals surface area contributed by atoms with Crippen LogP contribution in [0, 0.1) is 6.57 Å². The molecule has 0 amide bonds. The van der Waals surface area contributed by atoms with Crippen molar-refractivity contribution in [2.24, 2.45) is 10.7 Å². The van der Waals surface area contributed by atoms with Gasteiger partial charge in [-0.3, -0.25) is 0 Å². The lowest BCUT2D eigenvalue weighted by Crippen LogP contribution is -2.42. The molecule has 1 spiro atoms. The van der Waals surface area contributed by atoms with Gasteiger partial charge < -0.3 is 10.5 Å². The first-order valence-corrected chi connectivity index (χ1v) is 11.7. The Labute approximate surface area is 199 Å². The number of fused-ring (bicyclic) bond motifs is 3. The molecule has 3 aromatic rings. The zero-order chi connectivity index (χ0) is 23.3. The minimum absolute atomic E-state index is 0.0757. The van der Waals surface area contributed by atoms with E-state index in [2.05, 4.69) is 35.2 Å². The SMILES string of the molecule is [C-]#[N+]c1cccc(-c2ccc3c(c2)C2(CC(C4CCCc5ccccc54)O3)N=C(N)N(C)O2)c1. The van der Waals surface area contributed by atoms with Gasteiger partial charge in [0.1, 0.15) is 11.9 Å². The lowest BCUT2D eigenvalue weighted by molar-refractivity contribution is -0.192. The summed E-state index contributed by atoms with van der Waals surface area (Å²) in [5.41, 5.74) is 11.5. The highest BCUT2D eigenvalue weighted by Crippen LogP contribution is 2.51. The van der Waals surface area contributed by atoms with Crippen molar-refractivity contribution in [2.75, 3.05) is 7.05 Å². The Morgan fingerprint density at radius 3 is 2.76 bits per heavy atom. The largest absolute Gasteiger partial charge is 0.489 e. The molecule has 34 heavy (non-hydrogen) atoms.